The number of ether oxygens (including phenoxy) is 2. The van der Waals surface area contributed by atoms with Crippen molar-refractivity contribution in [1.82, 2.24) is 14.9 Å². The Morgan fingerprint density at radius 2 is 1.26 bits per heavy atom. The third-order valence-electron chi connectivity index (χ3n) is 12.2. The molecule has 9 nitrogen and oxygen atoms in total. The summed E-state index contributed by atoms with van der Waals surface area (Å²) in [7, 11) is -3.96. The van der Waals surface area contributed by atoms with Gasteiger partial charge in [-0.2, -0.15) is 4.72 Å². The fraction of sp³-hybridized carbons (Fsp3) is 0.519. The van der Waals surface area contributed by atoms with Crippen molar-refractivity contribution < 1.29 is 27.8 Å². The van der Waals surface area contributed by atoms with Crippen LogP contribution >= 0.6 is 0 Å². The van der Waals surface area contributed by atoms with Gasteiger partial charge in [-0.1, -0.05) is 182 Å². The Morgan fingerprint density at radius 3 is 1.85 bits per heavy atom. The molecule has 4 aromatic carbocycles. The number of carbonyl (C=O) groups is 1. The molecule has 62 heavy (non-hydrogen) atoms. The minimum atomic E-state index is -3.96. The van der Waals surface area contributed by atoms with E-state index in [1.807, 2.05) is 73.7 Å². The number of nitrogens with zero attached hydrogens (tertiary/aromatic N) is 1. The molecule has 1 aliphatic rings. The van der Waals surface area contributed by atoms with Crippen LogP contribution in [-0.2, 0) is 43.9 Å². The number of aliphatic hydroxyl groups is 1. The fourth-order valence-corrected chi connectivity index (χ4v) is 9.42. The maximum atomic E-state index is 13.7. The van der Waals surface area contributed by atoms with E-state index >= 15 is 0 Å². The van der Waals surface area contributed by atoms with Gasteiger partial charge in [-0.15, -0.1) is 0 Å². The van der Waals surface area contributed by atoms with E-state index in [9.17, 15) is 18.3 Å². The zero-order valence-electron chi connectivity index (χ0n) is 37.8. The van der Waals surface area contributed by atoms with Crippen LogP contribution in [0.15, 0.2) is 108 Å². The second kappa shape index (κ2) is 26.0. The average molecular weight is 868 g/mol. The zero-order chi connectivity index (χ0) is 44.2. The van der Waals surface area contributed by atoms with E-state index < -0.39 is 28.3 Å². The van der Waals surface area contributed by atoms with Crippen molar-refractivity contribution in [2.75, 3.05) is 19.6 Å². The normalized spacial score (nSPS) is 18.5. The van der Waals surface area contributed by atoms with E-state index in [0.717, 1.165) is 53.0 Å². The smallest absolute Gasteiger partial charge is 0.241 e. The molecule has 338 valence electrons. The Kier molecular flexibility index (Phi) is 20.6. The quantitative estimate of drug-likeness (QED) is 0.0511. The van der Waals surface area contributed by atoms with Crippen molar-refractivity contribution in [3.8, 4) is 0 Å². The highest BCUT2D eigenvalue weighted by molar-refractivity contribution is 7.89. The number of sulfonamides is 1. The van der Waals surface area contributed by atoms with Crippen LogP contribution in [0.4, 0.5) is 0 Å². The van der Waals surface area contributed by atoms with Gasteiger partial charge in [0.05, 0.1) is 23.7 Å². The third-order valence-corrected chi connectivity index (χ3v) is 13.7. The number of aliphatic hydroxyl groups excluding tert-OH is 1. The van der Waals surface area contributed by atoms with E-state index in [4.69, 9.17) is 9.47 Å². The molecule has 4 aromatic rings. The van der Waals surface area contributed by atoms with E-state index in [0.29, 0.717) is 0 Å². The molecule has 10 heteroatoms. The lowest BCUT2D eigenvalue weighted by molar-refractivity contribution is -0.276. The first-order valence-corrected chi connectivity index (χ1v) is 24.8. The third kappa shape index (κ3) is 15.7. The molecule has 0 bridgehead atoms. The predicted octanol–water partition coefficient (Wildman–Crippen LogP) is 10.5. The van der Waals surface area contributed by atoms with Gasteiger partial charge >= 0.3 is 0 Å². The van der Waals surface area contributed by atoms with Crippen molar-refractivity contribution >= 4 is 15.9 Å². The molecule has 3 N–H and O–H groups in total. The molecular formula is C52H73N3O6S. The molecule has 1 fully saturated rings. The molecule has 1 heterocycles. The largest absolute Gasteiger partial charge is 0.392 e. The lowest BCUT2D eigenvalue weighted by atomic mass is 9.90. The number of carbonyl (C=O) groups excluding carboxylic acids is 1. The molecule has 0 radical (unpaired) electrons. The van der Waals surface area contributed by atoms with Crippen LogP contribution < -0.4 is 10.0 Å². The summed E-state index contributed by atoms with van der Waals surface area (Å²) in [6.45, 7) is 11.8. The molecule has 5 atom stereocenters. The SMILES string of the molecule is CCCCCCCCN(CCCCCCCC)C[C@@H]1O[C@H](c2ccc(CNC(=O)[C@@H](Cc3ccccc3)NS(=O)(=O)c3ccc(C)cc3)cc2)O[C@H](c2ccc(CO)cc2)[C@@H]1C. The summed E-state index contributed by atoms with van der Waals surface area (Å²) < 4.78 is 43.2. The number of benzene rings is 4. The van der Waals surface area contributed by atoms with Gasteiger partial charge in [0, 0.05) is 24.6 Å². The highest BCUT2D eigenvalue weighted by Gasteiger charge is 2.39. The highest BCUT2D eigenvalue weighted by atomic mass is 32.2. The fourth-order valence-electron chi connectivity index (χ4n) is 8.22. The van der Waals surface area contributed by atoms with Crippen molar-refractivity contribution in [1.29, 1.82) is 0 Å². The van der Waals surface area contributed by atoms with Crippen LogP contribution in [0.5, 0.6) is 0 Å². The molecular weight excluding hydrogens is 795 g/mol. The summed E-state index contributed by atoms with van der Waals surface area (Å²) in [6, 6.07) is 31.0. The summed E-state index contributed by atoms with van der Waals surface area (Å²) in [5.41, 5.74) is 5.47. The Balaban J connectivity index is 1.29. The van der Waals surface area contributed by atoms with Gasteiger partial charge in [0.15, 0.2) is 6.29 Å². The van der Waals surface area contributed by atoms with Crippen LogP contribution in [-0.4, -0.2) is 56.1 Å². The summed E-state index contributed by atoms with van der Waals surface area (Å²) in [5, 5.41) is 12.7. The van der Waals surface area contributed by atoms with E-state index in [2.05, 4.69) is 47.8 Å². The summed E-state index contributed by atoms with van der Waals surface area (Å²) in [4.78, 5) is 16.5. The monoisotopic (exact) mass is 868 g/mol. The first-order chi connectivity index (χ1) is 30.1. The molecule has 1 aliphatic heterocycles. The predicted molar refractivity (Wildman–Crippen MR) is 250 cm³/mol. The second-order valence-electron chi connectivity index (χ2n) is 17.3. The van der Waals surface area contributed by atoms with Crippen LogP contribution in [0.3, 0.4) is 0 Å². The summed E-state index contributed by atoms with van der Waals surface area (Å²) in [5.74, 6) is -0.324. The lowest BCUT2D eigenvalue weighted by Gasteiger charge is -2.43. The molecule has 0 saturated carbocycles. The molecule has 0 aliphatic carbocycles. The molecule has 5 rings (SSSR count). The van der Waals surface area contributed by atoms with Crippen LogP contribution in [0.25, 0.3) is 0 Å². The van der Waals surface area contributed by atoms with Crippen LogP contribution in [0.1, 0.15) is 144 Å². The van der Waals surface area contributed by atoms with Crippen LogP contribution in [0, 0.1) is 12.8 Å². The Labute approximate surface area is 373 Å². The molecule has 1 saturated heterocycles. The number of unbranched alkanes of at least 4 members (excludes halogenated alkanes) is 10. The van der Waals surface area contributed by atoms with Gasteiger partial charge < -0.3 is 24.8 Å². The van der Waals surface area contributed by atoms with Gasteiger partial charge in [-0.3, -0.25) is 4.79 Å². The standard InChI is InChI=1S/C52H73N3O6S/c1-5-7-9-11-13-18-34-55(35-19-14-12-10-8-6-2)38-49-41(4)50(45-28-26-44(39-56)27-29-45)61-52(60-49)46-30-24-43(25-31-46)37-53-51(57)48(36-42-20-16-15-17-21-42)54-62(58,59)47-32-22-40(3)23-33-47/h15-17,20-33,41,48-50,52,54,56H,5-14,18-19,34-39H2,1-4H3,(H,53,57)/t41-,48-,49+,50+,52+/m1/s1. The maximum Gasteiger partial charge on any atom is 0.241 e. The number of hydrogen-bond acceptors (Lipinski definition) is 7. The summed E-state index contributed by atoms with van der Waals surface area (Å²) >= 11 is 0. The minimum absolute atomic E-state index is 0.00884. The van der Waals surface area contributed by atoms with E-state index in [1.165, 1.54) is 77.0 Å². The first kappa shape index (κ1) is 49.1. The number of nitrogens with one attached hydrogen (secondary N) is 2. The van der Waals surface area contributed by atoms with E-state index in [1.54, 1.807) is 24.3 Å². The molecule has 1 amide bonds. The highest BCUT2D eigenvalue weighted by Crippen LogP contribution is 2.42. The minimum Gasteiger partial charge on any atom is -0.392 e. The molecule has 0 aromatic heterocycles. The van der Waals surface area contributed by atoms with Gasteiger partial charge in [0.25, 0.3) is 0 Å². The van der Waals surface area contributed by atoms with Gasteiger partial charge in [0.1, 0.15) is 6.04 Å². The van der Waals surface area contributed by atoms with Crippen molar-refractivity contribution in [3.05, 3.63) is 137 Å². The van der Waals surface area contributed by atoms with Crippen LogP contribution in [0.2, 0.25) is 0 Å². The maximum absolute atomic E-state index is 13.7. The Hall–Kier alpha value is -3.90. The topological polar surface area (TPSA) is 117 Å². The average Bonchev–Trinajstić information content (AvgIpc) is 3.28. The van der Waals surface area contributed by atoms with Gasteiger partial charge in [-0.25, -0.2) is 8.42 Å². The van der Waals surface area contributed by atoms with Crippen molar-refractivity contribution in [3.63, 3.8) is 0 Å². The Morgan fingerprint density at radius 1 is 0.694 bits per heavy atom. The van der Waals surface area contributed by atoms with Gasteiger partial charge in [-0.05, 0) is 73.7 Å². The molecule has 0 spiro atoms. The van der Waals surface area contributed by atoms with Crippen molar-refractivity contribution in [2.45, 2.75) is 154 Å². The number of hydrogen-bond donors (Lipinski definition) is 3. The lowest BCUT2D eigenvalue weighted by Crippen LogP contribution is -2.47. The van der Waals surface area contributed by atoms with Crippen molar-refractivity contribution in [2.24, 2.45) is 5.92 Å². The summed E-state index contributed by atoms with van der Waals surface area (Å²) in [6.07, 6.45) is 14.5. The number of aryl methyl sites for hydroxylation is 1. The van der Waals surface area contributed by atoms with E-state index in [-0.39, 0.29) is 42.6 Å². The van der Waals surface area contributed by atoms with Gasteiger partial charge in [0.2, 0.25) is 15.9 Å². The molecule has 0 unspecified atom stereocenters. The number of amides is 1. The Bertz CT molecular complexity index is 1960. The number of rotatable bonds is 27. The zero-order valence-corrected chi connectivity index (χ0v) is 38.6. The first-order valence-electron chi connectivity index (χ1n) is 23.3. The second-order valence-corrected chi connectivity index (χ2v) is 19.0.